The van der Waals surface area contributed by atoms with Crippen molar-refractivity contribution in [2.45, 2.75) is 20.3 Å². The normalized spacial score (nSPS) is 9.76. The van der Waals surface area contributed by atoms with E-state index in [0.29, 0.717) is 6.61 Å². The standard InChI is InChI=1S/C12H15NO4/c1-3-8-17-12(15)10-7-5-6-9(13-10)11(14)16-4-2/h5-7H,3-4,8H2,1-2H3. The van der Waals surface area contributed by atoms with Crippen molar-refractivity contribution in [2.75, 3.05) is 13.2 Å². The Bertz CT molecular complexity index is 403. The number of esters is 2. The number of ether oxygens (including phenoxy) is 2. The van der Waals surface area contributed by atoms with Crippen molar-refractivity contribution in [3.05, 3.63) is 29.6 Å². The van der Waals surface area contributed by atoms with Gasteiger partial charge >= 0.3 is 11.9 Å². The first kappa shape index (κ1) is 13.2. The van der Waals surface area contributed by atoms with Gasteiger partial charge in [-0.15, -0.1) is 0 Å². The van der Waals surface area contributed by atoms with Crippen molar-refractivity contribution in [3.63, 3.8) is 0 Å². The summed E-state index contributed by atoms with van der Waals surface area (Å²) in [5.41, 5.74) is 0.224. The largest absolute Gasteiger partial charge is 0.461 e. The van der Waals surface area contributed by atoms with Crippen molar-refractivity contribution < 1.29 is 19.1 Å². The molecule has 92 valence electrons. The molecule has 17 heavy (non-hydrogen) atoms. The monoisotopic (exact) mass is 237 g/mol. The van der Waals surface area contributed by atoms with Gasteiger partial charge < -0.3 is 9.47 Å². The molecular weight excluding hydrogens is 222 g/mol. The second kappa shape index (κ2) is 6.62. The molecule has 0 radical (unpaired) electrons. The smallest absolute Gasteiger partial charge is 0.356 e. The Morgan fingerprint density at radius 2 is 1.71 bits per heavy atom. The van der Waals surface area contributed by atoms with Crippen LogP contribution in [0.5, 0.6) is 0 Å². The van der Waals surface area contributed by atoms with Crippen LogP contribution in [-0.4, -0.2) is 30.1 Å². The molecule has 0 aliphatic carbocycles. The Morgan fingerprint density at radius 3 is 2.24 bits per heavy atom. The highest BCUT2D eigenvalue weighted by Gasteiger charge is 2.13. The Balaban J connectivity index is 2.78. The molecule has 1 rings (SSSR count). The van der Waals surface area contributed by atoms with Crippen molar-refractivity contribution >= 4 is 11.9 Å². The van der Waals surface area contributed by atoms with Crippen LogP contribution in [0.4, 0.5) is 0 Å². The van der Waals surface area contributed by atoms with Crippen molar-refractivity contribution in [3.8, 4) is 0 Å². The van der Waals surface area contributed by atoms with Crippen LogP contribution in [0.25, 0.3) is 0 Å². The first-order valence-corrected chi connectivity index (χ1v) is 5.50. The first-order chi connectivity index (χ1) is 8.19. The van der Waals surface area contributed by atoms with E-state index in [1.165, 1.54) is 12.1 Å². The van der Waals surface area contributed by atoms with Gasteiger partial charge in [0.05, 0.1) is 13.2 Å². The van der Waals surface area contributed by atoms with Gasteiger partial charge in [0.25, 0.3) is 0 Å². The summed E-state index contributed by atoms with van der Waals surface area (Å²) in [6.07, 6.45) is 0.739. The molecule has 0 bridgehead atoms. The van der Waals surface area contributed by atoms with Gasteiger partial charge in [-0.2, -0.15) is 0 Å². The van der Waals surface area contributed by atoms with Crippen LogP contribution in [0.2, 0.25) is 0 Å². The maximum Gasteiger partial charge on any atom is 0.356 e. The average molecular weight is 237 g/mol. The molecule has 0 aliphatic heterocycles. The molecule has 1 heterocycles. The highest BCUT2D eigenvalue weighted by Crippen LogP contribution is 2.03. The van der Waals surface area contributed by atoms with E-state index in [1.54, 1.807) is 13.0 Å². The van der Waals surface area contributed by atoms with Gasteiger partial charge in [0, 0.05) is 0 Å². The molecule has 0 aromatic carbocycles. The molecule has 1 aromatic heterocycles. The van der Waals surface area contributed by atoms with Gasteiger partial charge in [-0.3, -0.25) is 0 Å². The number of nitrogens with zero attached hydrogens (tertiary/aromatic N) is 1. The van der Waals surface area contributed by atoms with Gasteiger partial charge in [0.1, 0.15) is 11.4 Å². The Morgan fingerprint density at radius 1 is 1.12 bits per heavy atom. The van der Waals surface area contributed by atoms with E-state index in [9.17, 15) is 9.59 Å². The highest BCUT2D eigenvalue weighted by molar-refractivity contribution is 5.91. The van der Waals surface area contributed by atoms with E-state index in [2.05, 4.69) is 4.98 Å². The number of hydrogen-bond donors (Lipinski definition) is 0. The molecule has 0 N–H and O–H groups in total. The lowest BCUT2D eigenvalue weighted by Crippen LogP contribution is -2.12. The summed E-state index contributed by atoms with van der Waals surface area (Å²) in [4.78, 5) is 26.8. The molecule has 5 nitrogen and oxygen atoms in total. The second-order valence-corrected chi connectivity index (χ2v) is 3.26. The lowest BCUT2D eigenvalue weighted by Gasteiger charge is -2.04. The van der Waals surface area contributed by atoms with Crippen LogP contribution in [0.15, 0.2) is 18.2 Å². The minimum Gasteiger partial charge on any atom is -0.461 e. The number of hydrogen-bond acceptors (Lipinski definition) is 5. The van der Waals surface area contributed by atoms with E-state index >= 15 is 0 Å². The van der Waals surface area contributed by atoms with E-state index in [4.69, 9.17) is 9.47 Å². The summed E-state index contributed by atoms with van der Waals surface area (Å²) < 4.78 is 9.71. The van der Waals surface area contributed by atoms with E-state index < -0.39 is 11.9 Å². The third kappa shape index (κ3) is 3.86. The maximum atomic E-state index is 11.5. The fourth-order valence-electron chi connectivity index (χ4n) is 1.14. The predicted octanol–water partition coefficient (Wildman–Crippen LogP) is 1.83. The molecule has 0 amide bonds. The van der Waals surface area contributed by atoms with Crippen LogP contribution >= 0.6 is 0 Å². The molecule has 1 aromatic rings. The summed E-state index contributed by atoms with van der Waals surface area (Å²) in [6, 6.07) is 4.57. The molecular formula is C12H15NO4. The van der Waals surface area contributed by atoms with Crippen LogP contribution in [0.1, 0.15) is 41.2 Å². The van der Waals surface area contributed by atoms with Crippen molar-refractivity contribution in [1.29, 1.82) is 0 Å². The summed E-state index contributed by atoms with van der Waals surface area (Å²) in [7, 11) is 0. The number of aromatic nitrogens is 1. The minimum absolute atomic E-state index is 0.109. The topological polar surface area (TPSA) is 65.5 Å². The Kier molecular flexibility index (Phi) is 5.13. The van der Waals surface area contributed by atoms with E-state index in [1.807, 2.05) is 6.92 Å². The predicted molar refractivity (Wildman–Crippen MR) is 60.8 cm³/mol. The second-order valence-electron chi connectivity index (χ2n) is 3.26. The summed E-state index contributed by atoms with van der Waals surface area (Å²) >= 11 is 0. The summed E-state index contributed by atoms with van der Waals surface area (Å²) in [5.74, 6) is -1.07. The van der Waals surface area contributed by atoms with Gasteiger partial charge in [-0.05, 0) is 25.5 Å². The fraction of sp³-hybridized carbons (Fsp3) is 0.417. The molecule has 0 unspecified atom stereocenters. The summed E-state index contributed by atoms with van der Waals surface area (Å²) in [5, 5.41) is 0. The average Bonchev–Trinajstić information content (AvgIpc) is 2.36. The zero-order valence-electron chi connectivity index (χ0n) is 9.93. The fourth-order valence-corrected chi connectivity index (χ4v) is 1.14. The van der Waals surface area contributed by atoms with Gasteiger partial charge in [-0.1, -0.05) is 13.0 Å². The zero-order chi connectivity index (χ0) is 12.7. The summed E-state index contributed by atoms with van der Waals surface area (Å²) in [6.45, 7) is 4.21. The molecule has 0 saturated carbocycles. The maximum absolute atomic E-state index is 11.5. The third-order valence-electron chi connectivity index (χ3n) is 1.88. The number of carbonyl (C=O) groups excluding carboxylic acids is 2. The number of pyridine rings is 1. The van der Waals surface area contributed by atoms with Gasteiger partial charge in [-0.25, -0.2) is 14.6 Å². The molecule has 0 atom stereocenters. The molecule has 0 saturated heterocycles. The van der Waals surface area contributed by atoms with Crippen LogP contribution in [0.3, 0.4) is 0 Å². The number of carbonyl (C=O) groups is 2. The molecule has 0 spiro atoms. The highest BCUT2D eigenvalue weighted by atomic mass is 16.5. The Labute approximate surface area is 99.8 Å². The number of rotatable bonds is 5. The minimum atomic E-state index is -0.544. The Hall–Kier alpha value is -1.91. The lowest BCUT2D eigenvalue weighted by atomic mass is 10.3. The lowest BCUT2D eigenvalue weighted by molar-refractivity contribution is 0.0495. The quantitative estimate of drug-likeness (QED) is 0.731. The SMILES string of the molecule is CCCOC(=O)c1cccc(C(=O)OCC)n1. The van der Waals surface area contributed by atoms with Crippen LogP contribution in [0, 0.1) is 0 Å². The zero-order valence-corrected chi connectivity index (χ0v) is 9.93. The van der Waals surface area contributed by atoms with Crippen molar-refractivity contribution in [1.82, 2.24) is 4.98 Å². The van der Waals surface area contributed by atoms with Crippen LogP contribution < -0.4 is 0 Å². The van der Waals surface area contributed by atoms with Gasteiger partial charge in [0.2, 0.25) is 0 Å². The molecule has 0 aliphatic rings. The molecule has 5 heteroatoms. The molecule has 0 fully saturated rings. The van der Waals surface area contributed by atoms with Crippen molar-refractivity contribution in [2.24, 2.45) is 0 Å². The third-order valence-corrected chi connectivity index (χ3v) is 1.88. The van der Waals surface area contributed by atoms with Crippen LogP contribution in [-0.2, 0) is 9.47 Å². The van der Waals surface area contributed by atoms with E-state index in [-0.39, 0.29) is 18.0 Å². The van der Waals surface area contributed by atoms with E-state index in [0.717, 1.165) is 6.42 Å². The van der Waals surface area contributed by atoms with Gasteiger partial charge in [0.15, 0.2) is 0 Å². The first-order valence-electron chi connectivity index (χ1n) is 5.50.